The van der Waals surface area contributed by atoms with E-state index in [1.807, 2.05) is 97.1 Å². The summed E-state index contributed by atoms with van der Waals surface area (Å²) >= 11 is 3.05. The van der Waals surface area contributed by atoms with Gasteiger partial charge in [0.2, 0.25) is 17.8 Å². The van der Waals surface area contributed by atoms with E-state index in [-0.39, 0.29) is 36.3 Å². The van der Waals surface area contributed by atoms with Crippen molar-refractivity contribution in [2.75, 3.05) is 29.2 Å². The summed E-state index contributed by atoms with van der Waals surface area (Å²) in [4.78, 5) is 63.0. The van der Waals surface area contributed by atoms with Crippen LogP contribution in [0.25, 0.3) is 20.4 Å². The van der Waals surface area contributed by atoms with Gasteiger partial charge in [-0.3, -0.25) is 14.4 Å². The predicted molar refractivity (Wildman–Crippen MR) is 212 cm³/mol. The van der Waals surface area contributed by atoms with Crippen molar-refractivity contribution in [2.45, 2.75) is 24.0 Å². The van der Waals surface area contributed by atoms with Crippen LogP contribution in [0.1, 0.15) is 21.6 Å². The van der Waals surface area contributed by atoms with Crippen LogP contribution in [0.3, 0.4) is 0 Å². The Morgan fingerprint density at radius 1 is 0.755 bits per heavy atom. The van der Waals surface area contributed by atoms with E-state index in [2.05, 4.69) is 40.8 Å². The number of anilines is 3. The molecule has 0 unspecified atom stereocenters. The molecule has 3 aromatic heterocycles. The molecule has 263 valence electrons. The van der Waals surface area contributed by atoms with Gasteiger partial charge >= 0.3 is 0 Å². The Balaban J connectivity index is 1.14. The molecule has 11 nitrogen and oxygen atoms in total. The first-order valence-electron chi connectivity index (χ1n) is 16.6. The van der Waals surface area contributed by atoms with E-state index < -0.39 is 17.1 Å². The minimum atomic E-state index is -1.42. The third-order valence-electron chi connectivity index (χ3n) is 8.81. The number of hydrogen-bond donors (Lipinski definition) is 2. The summed E-state index contributed by atoms with van der Waals surface area (Å²) in [5.41, 5.74) is 8.19. The van der Waals surface area contributed by atoms with E-state index in [0.717, 1.165) is 31.6 Å². The average molecular weight is 754 g/mol. The number of benzene rings is 4. The van der Waals surface area contributed by atoms with Gasteiger partial charge in [-0.25, -0.2) is 19.9 Å². The van der Waals surface area contributed by atoms with Crippen LogP contribution in [-0.4, -0.2) is 73.2 Å². The van der Waals surface area contributed by atoms with E-state index in [1.165, 1.54) is 39.8 Å². The minimum absolute atomic E-state index is 0.0171. The molecule has 2 atom stereocenters. The maximum absolute atomic E-state index is 14.3. The van der Waals surface area contributed by atoms with E-state index in [9.17, 15) is 14.4 Å². The lowest BCUT2D eigenvalue weighted by Crippen LogP contribution is -2.56. The average Bonchev–Trinajstić information content (AvgIpc) is 3.86. The fourth-order valence-corrected chi connectivity index (χ4v) is 7.77. The SMILES string of the molecule is CN(C(=O)[C@H](Cc1ccccc1)NC(=O)c1ccnc(N[C@]([Si])(Cc2ccccc2)C(=O)N(C)c2ccc3scnc3c2)n1)c1ccc2scnc2c1. The van der Waals surface area contributed by atoms with Crippen LogP contribution in [0.5, 0.6) is 0 Å². The lowest BCUT2D eigenvalue weighted by Gasteiger charge is -2.34. The first-order chi connectivity index (χ1) is 25.7. The Kier molecular flexibility index (Phi) is 10.3. The fourth-order valence-electron chi connectivity index (χ4n) is 5.97. The maximum atomic E-state index is 14.3. The monoisotopic (exact) mass is 753 g/mol. The standard InChI is InChI=1S/C39H33N8O3S2Si/c1-46(27-13-15-33-30(20-27)41-23-51-33)36(49)32(19-25-9-5-3-6-10-25)43-35(48)29-17-18-40-38(44-29)45-39(53,22-26-11-7-4-8-12-26)37(50)47(2)28-14-16-34-31(21-28)42-24-52-34/h3-18,20-21,23-24,32H,19,22H2,1-2H3,(H,43,48)(H,40,44,45)/t32-,39-/m0/s1. The number of thiazole rings is 2. The zero-order chi connectivity index (χ0) is 37.0. The van der Waals surface area contributed by atoms with Gasteiger partial charge in [0, 0.05) is 44.5 Å². The van der Waals surface area contributed by atoms with Gasteiger partial charge in [-0.15, -0.1) is 22.7 Å². The first kappa shape index (κ1) is 35.6. The smallest absolute Gasteiger partial charge is 0.270 e. The number of nitrogens with one attached hydrogen (secondary N) is 2. The summed E-state index contributed by atoms with van der Waals surface area (Å²) in [5.74, 6) is -1.16. The molecule has 0 fully saturated rings. The molecule has 0 aliphatic heterocycles. The topological polar surface area (TPSA) is 133 Å². The van der Waals surface area contributed by atoms with Crippen molar-refractivity contribution in [3.05, 3.63) is 137 Å². The zero-order valence-electron chi connectivity index (χ0n) is 28.8. The van der Waals surface area contributed by atoms with Crippen molar-refractivity contribution >= 4 is 88.4 Å². The van der Waals surface area contributed by atoms with Crippen LogP contribution in [0.2, 0.25) is 0 Å². The summed E-state index contributed by atoms with van der Waals surface area (Å²) in [6, 6.07) is 30.9. The summed E-state index contributed by atoms with van der Waals surface area (Å²) in [6.07, 6.45) is 1.91. The van der Waals surface area contributed by atoms with Gasteiger partial charge in [-0.05, 0) is 53.6 Å². The molecule has 0 bridgehead atoms. The molecule has 7 aromatic rings. The van der Waals surface area contributed by atoms with Crippen molar-refractivity contribution in [3.63, 3.8) is 0 Å². The molecule has 3 amide bonds. The summed E-state index contributed by atoms with van der Waals surface area (Å²) < 4.78 is 2.03. The zero-order valence-corrected chi connectivity index (χ0v) is 31.4. The largest absolute Gasteiger partial charge is 0.343 e. The van der Waals surface area contributed by atoms with E-state index in [0.29, 0.717) is 11.4 Å². The number of likely N-dealkylation sites (N-methyl/N-ethyl adjacent to an activating group) is 2. The highest BCUT2D eigenvalue weighted by atomic mass is 32.1. The molecule has 0 aliphatic carbocycles. The highest BCUT2D eigenvalue weighted by Crippen LogP contribution is 2.27. The summed E-state index contributed by atoms with van der Waals surface area (Å²) in [5, 5.41) is 4.67. The number of carbonyl (C=O) groups is 3. The summed E-state index contributed by atoms with van der Waals surface area (Å²) in [7, 11) is 7.16. The van der Waals surface area contributed by atoms with Gasteiger partial charge in [0.25, 0.3) is 5.91 Å². The molecule has 2 N–H and O–H groups in total. The third kappa shape index (κ3) is 7.99. The lowest BCUT2D eigenvalue weighted by atomic mass is 10.0. The normalized spacial score (nSPS) is 12.9. The third-order valence-corrected chi connectivity index (χ3v) is 11.0. The van der Waals surface area contributed by atoms with Crippen LogP contribution >= 0.6 is 22.7 Å². The molecule has 0 saturated carbocycles. The Morgan fingerprint density at radius 3 is 1.96 bits per heavy atom. The van der Waals surface area contributed by atoms with E-state index in [4.69, 9.17) is 0 Å². The van der Waals surface area contributed by atoms with Crippen molar-refractivity contribution in [3.8, 4) is 0 Å². The highest BCUT2D eigenvalue weighted by molar-refractivity contribution is 7.17. The molecule has 0 saturated heterocycles. The van der Waals surface area contributed by atoms with E-state index in [1.54, 1.807) is 30.0 Å². The van der Waals surface area contributed by atoms with Crippen LogP contribution in [0.4, 0.5) is 17.3 Å². The maximum Gasteiger partial charge on any atom is 0.270 e. The van der Waals surface area contributed by atoms with Gasteiger partial charge in [0.15, 0.2) is 0 Å². The number of carbonyl (C=O) groups excluding carboxylic acids is 3. The predicted octanol–water partition coefficient (Wildman–Crippen LogP) is 5.88. The highest BCUT2D eigenvalue weighted by Gasteiger charge is 2.37. The molecular formula is C39H33N8O3S2Si. The number of hydrogen-bond acceptors (Lipinski definition) is 10. The fraction of sp³-hybridized carbons (Fsp3) is 0.154. The number of fused-ring (bicyclic) bond motifs is 2. The Morgan fingerprint density at radius 2 is 1.34 bits per heavy atom. The van der Waals surface area contributed by atoms with Gasteiger partial charge in [-0.2, -0.15) is 0 Å². The van der Waals surface area contributed by atoms with Gasteiger partial charge < -0.3 is 20.4 Å². The summed E-state index contributed by atoms with van der Waals surface area (Å²) in [6.45, 7) is 0. The number of rotatable bonds is 12. The number of aromatic nitrogens is 4. The second-order valence-corrected chi connectivity index (χ2v) is 15.1. The molecule has 0 spiro atoms. The van der Waals surface area contributed by atoms with Crippen molar-refractivity contribution in [1.82, 2.24) is 25.3 Å². The van der Waals surface area contributed by atoms with Crippen LogP contribution in [-0.2, 0) is 22.4 Å². The van der Waals surface area contributed by atoms with Crippen LogP contribution in [0.15, 0.2) is 120 Å². The van der Waals surface area contributed by atoms with Crippen molar-refractivity contribution in [2.24, 2.45) is 0 Å². The molecule has 3 heterocycles. The molecule has 14 heteroatoms. The van der Waals surface area contributed by atoms with Gasteiger partial charge in [-0.1, -0.05) is 60.7 Å². The second-order valence-electron chi connectivity index (χ2n) is 12.4. The van der Waals surface area contributed by atoms with Crippen LogP contribution in [0, 0.1) is 0 Å². The molecular weight excluding hydrogens is 721 g/mol. The molecule has 0 aliphatic rings. The number of nitrogens with zero attached hydrogens (tertiary/aromatic N) is 6. The van der Waals surface area contributed by atoms with E-state index >= 15 is 0 Å². The lowest BCUT2D eigenvalue weighted by molar-refractivity contribution is -0.120. The van der Waals surface area contributed by atoms with Crippen molar-refractivity contribution < 1.29 is 14.4 Å². The van der Waals surface area contributed by atoms with Crippen molar-refractivity contribution in [1.29, 1.82) is 0 Å². The van der Waals surface area contributed by atoms with Gasteiger partial charge in [0.1, 0.15) is 16.9 Å². The molecule has 7 rings (SSSR count). The Bertz CT molecular complexity index is 2410. The number of amides is 3. The molecule has 53 heavy (non-hydrogen) atoms. The molecule has 4 aromatic carbocycles. The van der Waals surface area contributed by atoms with Gasteiger partial charge in [0.05, 0.1) is 41.7 Å². The van der Waals surface area contributed by atoms with Crippen LogP contribution < -0.4 is 20.4 Å². The quantitative estimate of drug-likeness (QED) is 0.148. The Hall–Kier alpha value is -5.83. The second kappa shape index (κ2) is 15.4. The minimum Gasteiger partial charge on any atom is -0.343 e. The Labute approximate surface area is 317 Å². The first-order valence-corrected chi connectivity index (χ1v) is 18.9. The molecule has 3 radical (unpaired) electrons.